The summed E-state index contributed by atoms with van der Waals surface area (Å²) in [7, 11) is 0. The number of aromatic nitrogens is 2. The van der Waals surface area contributed by atoms with Gasteiger partial charge in [0.2, 0.25) is 17.7 Å². The topological polar surface area (TPSA) is 87.6 Å². The van der Waals surface area contributed by atoms with Gasteiger partial charge in [0.25, 0.3) is 0 Å². The first-order valence-electron chi connectivity index (χ1n) is 16.0. The number of likely N-dealkylation sites (tertiary alicyclic amines) is 1. The van der Waals surface area contributed by atoms with E-state index in [1.807, 2.05) is 11.0 Å². The van der Waals surface area contributed by atoms with Gasteiger partial charge in [-0.25, -0.2) is 4.98 Å². The number of benzene rings is 2. The second-order valence-electron chi connectivity index (χ2n) is 14.6. The van der Waals surface area contributed by atoms with E-state index >= 15 is 0 Å². The normalized spacial score (nSPS) is 25.2. The van der Waals surface area contributed by atoms with Crippen LogP contribution in [0.5, 0.6) is 5.88 Å². The van der Waals surface area contributed by atoms with Crippen LogP contribution in [0.2, 0.25) is 0 Å². The third kappa shape index (κ3) is 6.62. The van der Waals surface area contributed by atoms with E-state index in [-0.39, 0.29) is 22.7 Å². The number of anilines is 1. The number of aryl methyl sites for hydroxylation is 2. The van der Waals surface area contributed by atoms with Gasteiger partial charge in [-0.05, 0) is 109 Å². The van der Waals surface area contributed by atoms with Gasteiger partial charge in [0.1, 0.15) is 6.61 Å². The molecule has 234 valence electrons. The number of hydrogen-bond donors (Lipinski definition) is 2. The van der Waals surface area contributed by atoms with Crippen LogP contribution in [-0.4, -0.2) is 52.2 Å². The van der Waals surface area contributed by atoms with E-state index in [9.17, 15) is 9.90 Å². The predicted molar refractivity (Wildman–Crippen MR) is 177 cm³/mol. The Labute approximate surface area is 266 Å². The van der Waals surface area contributed by atoms with Crippen molar-refractivity contribution in [2.45, 2.75) is 77.5 Å². The number of nitrogens with one attached hydrogen (secondary N) is 1. The van der Waals surface area contributed by atoms with E-state index in [2.05, 4.69) is 81.8 Å². The summed E-state index contributed by atoms with van der Waals surface area (Å²) in [6.07, 6.45) is 5.37. The highest BCUT2D eigenvalue weighted by molar-refractivity contribution is 8.00. The molecule has 3 aromatic rings. The van der Waals surface area contributed by atoms with Gasteiger partial charge >= 0.3 is 0 Å². The molecule has 7 nitrogen and oxygen atoms in total. The molecule has 8 heteroatoms. The first-order valence-corrected chi connectivity index (χ1v) is 16.8. The number of carbonyl (C=O) groups excluding carboxylic acids is 1. The number of fused-ring (bicyclic) bond motifs is 4. The van der Waals surface area contributed by atoms with Crippen LogP contribution in [-0.2, 0) is 4.79 Å². The van der Waals surface area contributed by atoms with Crippen molar-refractivity contribution in [3.05, 3.63) is 65.2 Å². The van der Waals surface area contributed by atoms with Crippen molar-refractivity contribution >= 4 is 23.8 Å². The summed E-state index contributed by atoms with van der Waals surface area (Å²) in [6, 6.07) is 17.3. The number of nitrogens with zero attached hydrogens (tertiary/aromatic N) is 3. The number of ether oxygens (including phenoxy) is 1. The average Bonchev–Trinajstić information content (AvgIpc) is 2.97. The average molecular weight is 615 g/mol. The van der Waals surface area contributed by atoms with Gasteiger partial charge in [0.15, 0.2) is 0 Å². The molecule has 44 heavy (non-hydrogen) atoms. The minimum Gasteiger partial charge on any atom is -0.477 e. The Morgan fingerprint density at radius 3 is 2.59 bits per heavy atom. The Hall–Kier alpha value is -3.10. The molecule has 2 N–H and O–H groups in total. The zero-order valence-corrected chi connectivity index (χ0v) is 27.5. The molecule has 2 fully saturated rings. The predicted octanol–water partition coefficient (Wildman–Crippen LogP) is 7.42. The Balaban J connectivity index is 1.35. The standard InChI is InChI=1S/C36H46N4O3S/c1-23-9-6-10-24(2)32(23)29-16-30-38-34(37-29)39-44-28-12-7-11-25(15-28)33(27(21-43-30)17-35(3,4)5)26-18-36(19-26)13-8-14-40(22-36)31(42)20-41/h6-7,9-12,15-16,26-27,33,41H,8,13-14,17-22H2,1-5H3,(H,37,38,39). The molecule has 2 aromatic carbocycles. The number of aliphatic hydroxyl groups is 1. The summed E-state index contributed by atoms with van der Waals surface area (Å²) in [4.78, 5) is 25.1. The zero-order valence-electron chi connectivity index (χ0n) is 26.7. The van der Waals surface area contributed by atoms with Crippen molar-refractivity contribution in [2.75, 3.05) is 31.0 Å². The van der Waals surface area contributed by atoms with Crippen molar-refractivity contribution < 1.29 is 14.6 Å². The minimum absolute atomic E-state index is 0.119. The van der Waals surface area contributed by atoms with E-state index in [4.69, 9.17) is 14.7 Å². The molecule has 3 aliphatic rings. The number of carbonyl (C=O) groups is 1. The number of aliphatic hydroxyl groups excluding tert-OH is 1. The Kier molecular flexibility index (Phi) is 8.68. The maximum absolute atomic E-state index is 12.4. The summed E-state index contributed by atoms with van der Waals surface area (Å²) in [5.74, 6) is 2.10. The first-order chi connectivity index (χ1) is 21.0. The van der Waals surface area contributed by atoms with Gasteiger partial charge in [0.05, 0.1) is 12.3 Å². The van der Waals surface area contributed by atoms with Crippen LogP contribution in [0.25, 0.3) is 11.3 Å². The van der Waals surface area contributed by atoms with Crippen molar-refractivity contribution in [3.8, 4) is 17.1 Å². The van der Waals surface area contributed by atoms with E-state index in [0.717, 1.165) is 61.3 Å². The first kappa shape index (κ1) is 30.9. The van der Waals surface area contributed by atoms with E-state index < -0.39 is 6.61 Å². The van der Waals surface area contributed by atoms with Crippen LogP contribution in [0.1, 0.15) is 75.5 Å². The monoisotopic (exact) mass is 614 g/mol. The van der Waals surface area contributed by atoms with Crippen molar-refractivity contribution in [3.63, 3.8) is 0 Å². The smallest absolute Gasteiger partial charge is 0.248 e. The minimum atomic E-state index is -0.401. The Morgan fingerprint density at radius 2 is 1.86 bits per heavy atom. The summed E-state index contributed by atoms with van der Waals surface area (Å²) in [6.45, 7) is 12.9. The molecular weight excluding hydrogens is 568 g/mol. The molecule has 6 rings (SSSR count). The highest BCUT2D eigenvalue weighted by Gasteiger charge is 2.51. The molecular formula is C36H46N4O3S. The summed E-state index contributed by atoms with van der Waals surface area (Å²) in [5, 5.41) is 9.51. The van der Waals surface area contributed by atoms with Crippen LogP contribution < -0.4 is 9.46 Å². The van der Waals surface area contributed by atoms with Gasteiger partial charge in [-0.3, -0.25) is 9.52 Å². The lowest BCUT2D eigenvalue weighted by atomic mass is 9.52. The van der Waals surface area contributed by atoms with Gasteiger partial charge < -0.3 is 14.7 Å². The fourth-order valence-corrected chi connectivity index (χ4v) is 8.78. The lowest BCUT2D eigenvalue weighted by Gasteiger charge is -2.56. The third-order valence-corrected chi connectivity index (χ3v) is 10.6. The molecule has 1 saturated heterocycles. The van der Waals surface area contributed by atoms with Crippen LogP contribution in [0, 0.1) is 36.5 Å². The Morgan fingerprint density at radius 1 is 1.11 bits per heavy atom. The number of hydrogen-bond acceptors (Lipinski definition) is 7. The number of piperidine rings is 1. The highest BCUT2D eigenvalue weighted by atomic mass is 32.2. The fourth-order valence-electron chi connectivity index (χ4n) is 8.14. The fraction of sp³-hybridized carbons (Fsp3) is 0.528. The lowest BCUT2D eigenvalue weighted by Crippen LogP contribution is -2.54. The quantitative estimate of drug-likeness (QED) is 0.296. The van der Waals surface area contributed by atoms with Crippen molar-refractivity contribution in [2.24, 2.45) is 22.7 Å². The molecule has 0 radical (unpaired) electrons. The van der Waals surface area contributed by atoms with Gasteiger partial charge in [0, 0.05) is 35.5 Å². The lowest BCUT2D eigenvalue weighted by molar-refractivity contribution is -0.141. The third-order valence-electron chi connectivity index (χ3n) is 9.82. The van der Waals surface area contributed by atoms with E-state index in [1.54, 1.807) is 11.9 Å². The van der Waals surface area contributed by atoms with Crippen molar-refractivity contribution in [1.29, 1.82) is 0 Å². The molecule has 1 saturated carbocycles. The molecule has 1 aromatic heterocycles. The van der Waals surface area contributed by atoms with Gasteiger partial charge in [-0.15, -0.1) is 0 Å². The largest absolute Gasteiger partial charge is 0.477 e. The van der Waals surface area contributed by atoms with Gasteiger partial charge in [-0.2, -0.15) is 4.98 Å². The molecule has 1 spiro atoms. The summed E-state index contributed by atoms with van der Waals surface area (Å²) in [5.41, 5.74) is 5.96. The SMILES string of the molecule is Cc1cccc(C)c1-c1cc2nc(n1)NSc1cccc(c1)C(C1CC3(CCCN(C(=O)CO)C3)C1)C(CC(C)(C)C)CO2. The number of rotatable bonds is 4. The maximum atomic E-state index is 12.4. The zero-order chi connectivity index (χ0) is 31.1. The maximum Gasteiger partial charge on any atom is 0.248 e. The molecule has 2 aliphatic heterocycles. The van der Waals surface area contributed by atoms with Crippen molar-refractivity contribution in [1.82, 2.24) is 14.9 Å². The second-order valence-corrected chi connectivity index (χ2v) is 15.4. The highest BCUT2D eigenvalue weighted by Crippen LogP contribution is 2.58. The molecule has 2 atom stereocenters. The molecule has 3 heterocycles. The van der Waals surface area contributed by atoms with E-state index in [1.165, 1.54) is 16.7 Å². The van der Waals surface area contributed by atoms with E-state index in [0.29, 0.717) is 30.3 Å². The second kappa shape index (κ2) is 12.4. The Bertz CT molecular complexity index is 1490. The van der Waals surface area contributed by atoms with Crippen LogP contribution in [0.3, 0.4) is 0 Å². The molecule has 1 aliphatic carbocycles. The molecule has 2 unspecified atom stereocenters. The van der Waals surface area contributed by atoms with Crippen LogP contribution in [0.4, 0.5) is 5.95 Å². The number of amides is 1. The van der Waals surface area contributed by atoms with Gasteiger partial charge in [-0.1, -0.05) is 51.1 Å². The summed E-state index contributed by atoms with van der Waals surface area (Å²) >= 11 is 1.54. The van der Waals surface area contributed by atoms with Crippen LogP contribution in [0.15, 0.2) is 53.4 Å². The summed E-state index contributed by atoms with van der Waals surface area (Å²) < 4.78 is 10.1. The molecule has 1 amide bonds. The molecule has 4 bridgehead atoms. The van der Waals surface area contributed by atoms with Crippen LogP contribution >= 0.6 is 11.9 Å².